The van der Waals surface area contributed by atoms with Crippen LogP contribution in [0.5, 0.6) is 5.75 Å². The largest absolute Gasteiger partial charge is 0.434 e. The number of carbonyl (C=O) groups excluding carboxylic acids is 1. The third kappa shape index (κ3) is 4.55. The van der Waals surface area contributed by atoms with Gasteiger partial charge in [-0.1, -0.05) is 25.1 Å². The lowest BCUT2D eigenvalue weighted by atomic mass is 10.0. The van der Waals surface area contributed by atoms with Crippen molar-refractivity contribution in [3.05, 3.63) is 46.8 Å². The number of nitrogens with zero attached hydrogens (tertiary/aromatic N) is 2. The Morgan fingerprint density at radius 3 is 2.56 bits per heavy atom. The first-order chi connectivity index (χ1) is 11.8. The van der Waals surface area contributed by atoms with Crippen molar-refractivity contribution in [3.8, 4) is 5.75 Å². The highest BCUT2D eigenvalue weighted by Crippen LogP contribution is 2.28. The van der Waals surface area contributed by atoms with E-state index in [1.54, 1.807) is 22.9 Å². The maximum Gasteiger partial charge on any atom is 0.387 e. The molecule has 5 nitrogen and oxygen atoms in total. The second-order valence-corrected chi connectivity index (χ2v) is 5.89. The highest BCUT2D eigenvalue weighted by atomic mass is 19.3. The Labute approximate surface area is 146 Å². The molecule has 0 unspecified atom stereocenters. The summed E-state index contributed by atoms with van der Waals surface area (Å²) in [6.45, 7) is 2.74. The Balaban J connectivity index is 2.15. The van der Waals surface area contributed by atoms with E-state index < -0.39 is 12.7 Å². The minimum Gasteiger partial charge on any atom is -0.434 e. The van der Waals surface area contributed by atoms with Gasteiger partial charge in [-0.3, -0.25) is 9.48 Å². The van der Waals surface area contributed by atoms with Crippen LogP contribution in [-0.2, 0) is 18.3 Å². The minimum atomic E-state index is -2.91. The standard InChI is InChI=1S/C18H23F2N3O2/c1-5-15(13-8-6-7-9-16(13)25-18(19)20)21-17(24)10-14-11(2)22-23(4)12(14)3/h6-9,15,18H,5,10H2,1-4H3,(H,21,24)/t15-/m0/s1. The van der Waals surface area contributed by atoms with Gasteiger partial charge in [0, 0.05) is 23.9 Å². The summed E-state index contributed by atoms with van der Waals surface area (Å²) in [4.78, 5) is 12.5. The number of rotatable bonds is 7. The number of carbonyl (C=O) groups is 1. The average Bonchev–Trinajstić information content (AvgIpc) is 2.79. The van der Waals surface area contributed by atoms with Gasteiger partial charge in [0.15, 0.2) is 0 Å². The zero-order valence-corrected chi connectivity index (χ0v) is 14.8. The fourth-order valence-electron chi connectivity index (χ4n) is 2.85. The van der Waals surface area contributed by atoms with Crippen LogP contribution >= 0.6 is 0 Å². The topological polar surface area (TPSA) is 56.2 Å². The number of halogens is 2. The van der Waals surface area contributed by atoms with Gasteiger partial charge >= 0.3 is 6.61 Å². The van der Waals surface area contributed by atoms with Crippen molar-refractivity contribution in [1.29, 1.82) is 0 Å². The van der Waals surface area contributed by atoms with Gasteiger partial charge in [-0.2, -0.15) is 13.9 Å². The third-order valence-electron chi connectivity index (χ3n) is 4.25. The van der Waals surface area contributed by atoms with Crippen molar-refractivity contribution >= 4 is 5.91 Å². The molecule has 1 atom stereocenters. The molecule has 0 saturated carbocycles. The lowest BCUT2D eigenvalue weighted by molar-refractivity contribution is -0.121. The van der Waals surface area contributed by atoms with Crippen LogP contribution in [0.3, 0.4) is 0 Å². The zero-order chi connectivity index (χ0) is 18.6. The number of para-hydroxylation sites is 1. The SMILES string of the molecule is CC[C@H](NC(=O)Cc1c(C)nn(C)c1C)c1ccccc1OC(F)F. The molecule has 0 fully saturated rings. The molecule has 0 aliphatic rings. The first kappa shape index (κ1) is 18.9. The molecule has 7 heteroatoms. The summed E-state index contributed by atoms with van der Waals surface area (Å²) in [6, 6.07) is 6.12. The van der Waals surface area contributed by atoms with E-state index in [1.165, 1.54) is 6.07 Å². The second kappa shape index (κ2) is 8.09. The number of amides is 1. The molecule has 0 aliphatic heterocycles. The Kier molecular flexibility index (Phi) is 6.12. The van der Waals surface area contributed by atoms with Gasteiger partial charge in [-0.05, 0) is 26.3 Å². The highest BCUT2D eigenvalue weighted by Gasteiger charge is 2.20. The molecule has 0 spiro atoms. The monoisotopic (exact) mass is 351 g/mol. The number of hydrogen-bond acceptors (Lipinski definition) is 3. The van der Waals surface area contributed by atoms with E-state index in [2.05, 4.69) is 15.2 Å². The normalized spacial score (nSPS) is 12.3. The maximum atomic E-state index is 12.6. The van der Waals surface area contributed by atoms with Crippen molar-refractivity contribution in [2.24, 2.45) is 7.05 Å². The van der Waals surface area contributed by atoms with E-state index in [9.17, 15) is 13.6 Å². The van der Waals surface area contributed by atoms with E-state index in [1.807, 2.05) is 27.8 Å². The molecule has 0 aliphatic carbocycles. The molecule has 1 aromatic heterocycles. The summed E-state index contributed by atoms with van der Waals surface area (Å²) < 4.78 is 31.5. The lowest BCUT2D eigenvalue weighted by Gasteiger charge is -2.20. The Morgan fingerprint density at radius 2 is 2.00 bits per heavy atom. The molecule has 0 saturated heterocycles. The fourth-order valence-corrected chi connectivity index (χ4v) is 2.85. The zero-order valence-electron chi connectivity index (χ0n) is 14.8. The van der Waals surface area contributed by atoms with Gasteiger partial charge in [0.2, 0.25) is 5.91 Å². The second-order valence-electron chi connectivity index (χ2n) is 5.89. The van der Waals surface area contributed by atoms with Gasteiger partial charge in [0.05, 0.1) is 18.2 Å². The minimum absolute atomic E-state index is 0.0818. The van der Waals surface area contributed by atoms with Gasteiger partial charge < -0.3 is 10.1 Å². The number of benzene rings is 1. The van der Waals surface area contributed by atoms with Crippen LogP contribution in [0, 0.1) is 13.8 Å². The van der Waals surface area contributed by atoms with Crippen LogP contribution in [0.1, 0.15) is 41.9 Å². The van der Waals surface area contributed by atoms with Crippen molar-refractivity contribution in [2.45, 2.75) is 46.3 Å². The third-order valence-corrected chi connectivity index (χ3v) is 4.25. The molecule has 136 valence electrons. The smallest absolute Gasteiger partial charge is 0.387 e. The Hall–Kier alpha value is -2.44. The number of aryl methyl sites for hydroxylation is 2. The van der Waals surface area contributed by atoms with Crippen LogP contribution in [0.15, 0.2) is 24.3 Å². The summed E-state index contributed by atoms with van der Waals surface area (Å²) in [6.07, 6.45) is 0.750. The summed E-state index contributed by atoms with van der Waals surface area (Å²) in [7, 11) is 1.83. The number of hydrogen-bond donors (Lipinski definition) is 1. The van der Waals surface area contributed by atoms with Gasteiger partial charge in [0.25, 0.3) is 0 Å². The summed E-state index contributed by atoms with van der Waals surface area (Å²) in [5, 5.41) is 7.21. The molecule has 2 rings (SSSR count). The number of nitrogens with one attached hydrogen (secondary N) is 1. The molecule has 25 heavy (non-hydrogen) atoms. The van der Waals surface area contributed by atoms with E-state index in [4.69, 9.17) is 0 Å². The quantitative estimate of drug-likeness (QED) is 0.831. The van der Waals surface area contributed by atoms with Crippen LogP contribution < -0.4 is 10.1 Å². The Bertz CT molecular complexity index is 744. The first-order valence-corrected chi connectivity index (χ1v) is 8.15. The van der Waals surface area contributed by atoms with E-state index in [0.29, 0.717) is 12.0 Å². The van der Waals surface area contributed by atoms with Gasteiger partial charge in [-0.25, -0.2) is 0 Å². The summed E-state index contributed by atoms with van der Waals surface area (Å²) in [5.74, 6) is -0.101. The molecule has 1 amide bonds. The predicted molar refractivity (Wildman–Crippen MR) is 90.6 cm³/mol. The molecule has 2 aromatic rings. The van der Waals surface area contributed by atoms with Crippen LogP contribution in [0.4, 0.5) is 8.78 Å². The van der Waals surface area contributed by atoms with Crippen LogP contribution in [-0.4, -0.2) is 22.3 Å². The molecule has 1 aromatic carbocycles. The molecule has 1 N–H and O–H groups in total. The highest BCUT2D eigenvalue weighted by molar-refractivity contribution is 5.79. The Morgan fingerprint density at radius 1 is 1.32 bits per heavy atom. The molecular formula is C18H23F2N3O2. The van der Waals surface area contributed by atoms with Crippen molar-refractivity contribution < 1.29 is 18.3 Å². The predicted octanol–water partition coefficient (Wildman–Crippen LogP) is 3.45. The summed E-state index contributed by atoms with van der Waals surface area (Å²) in [5.41, 5.74) is 3.16. The number of aromatic nitrogens is 2. The van der Waals surface area contributed by atoms with Crippen molar-refractivity contribution in [1.82, 2.24) is 15.1 Å². The maximum absolute atomic E-state index is 12.6. The average molecular weight is 351 g/mol. The van der Waals surface area contributed by atoms with Crippen LogP contribution in [0.2, 0.25) is 0 Å². The molecule has 1 heterocycles. The fraction of sp³-hybridized carbons (Fsp3) is 0.444. The van der Waals surface area contributed by atoms with Gasteiger partial charge in [0.1, 0.15) is 5.75 Å². The van der Waals surface area contributed by atoms with Crippen molar-refractivity contribution in [3.63, 3.8) is 0 Å². The molecular weight excluding hydrogens is 328 g/mol. The van der Waals surface area contributed by atoms with E-state index >= 15 is 0 Å². The lowest BCUT2D eigenvalue weighted by Crippen LogP contribution is -2.30. The van der Waals surface area contributed by atoms with E-state index in [-0.39, 0.29) is 18.1 Å². The van der Waals surface area contributed by atoms with Crippen molar-refractivity contribution in [2.75, 3.05) is 0 Å². The first-order valence-electron chi connectivity index (χ1n) is 8.15. The molecule has 0 radical (unpaired) electrons. The van der Waals surface area contributed by atoms with Crippen LogP contribution in [0.25, 0.3) is 0 Å². The van der Waals surface area contributed by atoms with Gasteiger partial charge in [-0.15, -0.1) is 0 Å². The summed E-state index contributed by atoms with van der Waals surface area (Å²) >= 11 is 0. The molecule has 0 bridgehead atoms. The van der Waals surface area contributed by atoms with E-state index in [0.717, 1.165) is 17.0 Å². The number of ether oxygens (including phenoxy) is 1. The number of alkyl halides is 2.